The number of benzene rings is 1. The van der Waals surface area contributed by atoms with Gasteiger partial charge in [0.15, 0.2) is 5.65 Å². The van der Waals surface area contributed by atoms with E-state index in [1.165, 1.54) is 0 Å². The highest BCUT2D eigenvalue weighted by Gasteiger charge is 2.13. The molecule has 1 aromatic carbocycles. The number of amides is 1. The Morgan fingerprint density at radius 2 is 2.08 bits per heavy atom. The Bertz CT molecular complexity index is 995. The average Bonchev–Trinajstić information content (AvgIpc) is 2.95. The second kappa shape index (κ2) is 6.78. The first-order chi connectivity index (χ1) is 12.0. The number of aromatic nitrogens is 3. The van der Waals surface area contributed by atoms with Crippen molar-refractivity contribution in [1.29, 1.82) is 0 Å². The summed E-state index contributed by atoms with van der Waals surface area (Å²) in [5.74, 6) is 2.51. The largest absolute Gasteiger partial charge is 0.326 e. The predicted octanol–water partition coefficient (Wildman–Crippen LogP) is 3.21. The molecule has 1 amide bonds. The molecule has 1 N–H and O–H groups in total. The Hall–Kier alpha value is -3.13. The minimum absolute atomic E-state index is 0.0512. The Labute approximate surface area is 147 Å². The second-order valence-electron chi connectivity index (χ2n) is 6.09. The maximum Gasteiger partial charge on any atom is 0.224 e. The third kappa shape index (κ3) is 3.53. The molecule has 0 atom stereocenters. The van der Waals surface area contributed by atoms with Crippen LogP contribution in [0.5, 0.6) is 0 Å². The van der Waals surface area contributed by atoms with Gasteiger partial charge < -0.3 is 5.32 Å². The molecule has 2 aromatic heterocycles. The lowest BCUT2D eigenvalue weighted by atomic mass is 10.1. The number of fused-ring (bicyclic) bond motifs is 1. The van der Waals surface area contributed by atoms with E-state index in [0.717, 1.165) is 33.9 Å². The van der Waals surface area contributed by atoms with Crippen molar-refractivity contribution in [3.63, 3.8) is 0 Å². The number of carbonyl (C=O) groups excluding carboxylic acids is 1. The first kappa shape index (κ1) is 16.7. The minimum atomic E-state index is -0.0512. The summed E-state index contributed by atoms with van der Waals surface area (Å²) in [5, 5.41) is 7.35. The maximum atomic E-state index is 12.3. The summed E-state index contributed by atoms with van der Waals surface area (Å²) in [6.07, 6.45) is 6.37. The fourth-order valence-electron chi connectivity index (χ4n) is 2.95. The highest BCUT2D eigenvalue weighted by Crippen LogP contribution is 2.17. The first-order valence-electron chi connectivity index (χ1n) is 8.17. The molecule has 0 radical (unpaired) electrons. The molecule has 0 spiro atoms. The molecule has 3 rings (SSSR count). The number of nitrogens with zero attached hydrogens (tertiary/aromatic N) is 3. The van der Waals surface area contributed by atoms with Gasteiger partial charge in [-0.25, -0.2) is 9.50 Å². The van der Waals surface area contributed by atoms with Gasteiger partial charge in [0, 0.05) is 35.1 Å². The SMILES string of the molecule is C#Cc1cccc(NC(=O)CCc2c(C)nc3cc(C)nn3c2C)c1. The highest BCUT2D eigenvalue weighted by molar-refractivity contribution is 5.91. The second-order valence-corrected chi connectivity index (χ2v) is 6.09. The zero-order valence-electron chi connectivity index (χ0n) is 14.6. The number of anilines is 1. The molecule has 0 saturated carbocycles. The number of terminal acetylenes is 1. The zero-order chi connectivity index (χ0) is 18.0. The molecule has 0 aliphatic rings. The van der Waals surface area contributed by atoms with Gasteiger partial charge in [0.05, 0.1) is 5.69 Å². The van der Waals surface area contributed by atoms with Gasteiger partial charge in [-0.2, -0.15) is 5.10 Å². The molecule has 0 fully saturated rings. The van der Waals surface area contributed by atoms with Crippen molar-refractivity contribution in [2.75, 3.05) is 5.32 Å². The molecule has 2 heterocycles. The van der Waals surface area contributed by atoms with Crippen LogP contribution < -0.4 is 5.32 Å². The molecule has 5 nitrogen and oxygen atoms in total. The van der Waals surface area contributed by atoms with Crippen LogP contribution in [0.4, 0.5) is 5.69 Å². The van der Waals surface area contributed by atoms with E-state index in [2.05, 4.69) is 21.3 Å². The van der Waals surface area contributed by atoms with Crippen LogP contribution in [-0.2, 0) is 11.2 Å². The van der Waals surface area contributed by atoms with Gasteiger partial charge in [-0.05, 0) is 51.0 Å². The lowest BCUT2D eigenvalue weighted by Gasteiger charge is -2.11. The van der Waals surface area contributed by atoms with Crippen LogP contribution in [0, 0.1) is 33.1 Å². The van der Waals surface area contributed by atoms with Gasteiger partial charge in [0.2, 0.25) is 5.91 Å². The molecule has 0 unspecified atom stereocenters. The summed E-state index contributed by atoms with van der Waals surface area (Å²) >= 11 is 0. The molecule has 0 bridgehead atoms. The van der Waals surface area contributed by atoms with Crippen LogP contribution in [0.1, 0.15) is 34.6 Å². The average molecular weight is 332 g/mol. The fraction of sp³-hybridized carbons (Fsp3) is 0.250. The Morgan fingerprint density at radius 3 is 2.84 bits per heavy atom. The molecular formula is C20H20N4O. The normalized spacial score (nSPS) is 10.6. The molecule has 25 heavy (non-hydrogen) atoms. The van der Waals surface area contributed by atoms with Gasteiger partial charge in [-0.3, -0.25) is 4.79 Å². The van der Waals surface area contributed by atoms with Crippen molar-refractivity contribution in [3.8, 4) is 12.3 Å². The summed E-state index contributed by atoms with van der Waals surface area (Å²) in [7, 11) is 0. The van der Waals surface area contributed by atoms with Crippen molar-refractivity contribution in [2.24, 2.45) is 0 Å². The van der Waals surface area contributed by atoms with Crippen LogP contribution in [0.3, 0.4) is 0 Å². The smallest absolute Gasteiger partial charge is 0.224 e. The molecule has 0 saturated heterocycles. The standard InChI is InChI=1S/C20H20N4O/c1-5-16-7-6-8-17(12-16)22-20(25)10-9-18-14(3)21-19-11-13(2)23-24(19)15(18)4/h1,6-8,11-12H,9-10H2,2-4H3,(H,22,25). The number of hydrogen-bond acceptors (Lipinski definition) is 3. The summed E-state index contributed by atoms with van der Waals surface area (Å²) in [5.41, 5.74) is 6.25. The van der Waals surface area contributed by atoms with Crippen LogP contribution in [-0.4, -0.2) is 20.5 Å². The Balaban J connectivity index is 1.73. The van der Waals surface area contributed by atoms with Crippen molar-refractivity contribution in [1.82, 2.24) is 14.6 Å². The summed E-state index contributed by atoms with van der Waals surface area (Å²) in [6, 6.07) is 9.23. The van der Waals surface area contributed by atoms with E-state index < -0.39 is 0 Å². The predicted molar refractivity (Wildman–Crippen MR) is 98.5 cm³/mol. The maximum absolute atomic E-state index is 12.3. The number of nitrogens with one attached hydrogen (secondary N) is 1. The number of hydrogen-bond donors (Lipinski definition) is 1. The van der Waals surface area contributed by atoms with Crippen LogP contribution in [0.25, 0.3) is 5.65 Å². The van der Waals surface area contributed by atoms with Crippen LogP contribution >= 0.6 is 0 Å². The number of rotatable bonds is 4. The Kier molecular flexibility index (Phi) is 4.53. The third-order valence-corrected chi connectivity index (χ3v) is 4.20. The van der Waals surface area contributed by atoms with Crippen molar-refractivity contribution < 1.29 is 4.79 Å². The lowest BCUT2D eigenvalue weighted by Crippen LogP contribution is -2.14. The highest BCUT2D eigenvalue weighted by atomic mass is 16.1. The molecule has 0 aliphatic carbocycles. The van der Waals surface area contributed by atoms with Crippen molar-refractivity contribution in [3.05, 3.63) is 58.5 Å². The molecule has 126 valence electrons. The summed E-state index contributed by atoms with van der Waals surface area (Å²) in [4.78, 5) is 16.9. The van der Waals surface area contributed by atoms with E-state index in [1.54, 1.807) is 6.07 Å². The van der Waals surface area contributed by atoms with E-state index >= 15 is 0 Å². The monoisotopic (exact) mass is 332 g/mol. The third-order valence-electron chi connectivity index (χ3n) is 4.20. The van der Waals surface area contributed by atoms with Gasteiger partial charge in [0.25, 0.3) is 0 Å². The fourth-order valence-corrected chi connectivity index (χ4v) is 2.95. The first-order valence-corrected chi connectivity index (χ1v) is 8.17. The van der Waals surface area contributed by atoms with Gasteiger partial charge in [-0.1, -0.05) is 12.0 Å². The van der Waals surface area contributed by atoms with Crippen molar-refractivity contribution in [2.45, 2.75) is 33.6 Å². The molecule has 5 heteroatoms. The summed E-state index contributed by atoms with van der Waals surface area (Å²) in [6.45, 7) is 5.93. The van der Waals surface area contributed by atoms with Gasteiger partial charge in [-0.15, -0.1) is 6.42 Å². The van der Waals surface area contributed by atoms with Gasteiger partial charge >= 0.3 is 0 Å². The zero-order valence-corrected chi connectivity index (χ0v) is 14.6. The van der Waals surface area contributed by atoms with E-state index in [4.69, 9.17) is 6.42 Å². The quantitative estimate of drug-likeness (QED) is 0.746. The van der Waals surface area contributed by atoms with E-state index in [9.17, 15) is 4.79 Å². The summed E-state index contributed by atoms with van der Waals surface area (Å²) < 4.78 is 1.84. The van der Waals surface area contributed by atoms with Crippen LogP contribution in [0.2, 0.25) is 0 Å². The molecular weight excluding hydrogens is 312 g/mol. The molecule has 3 aromatic rings. The van der Waals surface area contributed by atoms with Gasteiger partial charge in [0.1, 0.15) is 0 Å². The minimum Gasteiger partial charge on any atom is -0.326 e. The lowest BCUT2D eigenvalue weighted by molar-refractivity contribution is -0.116. The Morgan fingerprint density at radius 1 is 1.28 bits per heavy atom. The molecule has 0 aliphatic heterocycles. The van der Waals surface area contributed by atoms with E-state index in [0.29, 0.717) is 18.5 Å². The number of carbonyl (C=O) groups is 1. The number of aryl methyl sites for hydroxylation is 3. The topological polar surface area (TPSA) is 59.3 Å². The van der Waals surface area contributed by atoms with Crippen molar-refractivity contribution >= 4 is 17.2 Å². The van der Waals surface area contributed by atoms with E-state index in [1.807, 2.05) is 49.6 Å². The van der Waals surface area contributed by atoms with Crippen LogP contribution in [0.15, 0.2) is 30.3 Å². The van der Waals surface area contributed by atoms with E-state index in [-0.39, 0.29) is 5.91 Å².